The van der Waals surface area contributed by atoms with Crippen molar-refractivity contribution in [3.63, 3.8) is 0 Å². The van der Waals surface area contributed by atoms with Crippen molar-refractivity contribution in [2.24, 2.45) is 0 Å². The van der Waals surface area contributed by atoms with E-state index in [9.17, 15) is 0 Å². The maximum Gasteiger partial charge on any atom is 0.138 e. The lowest BCUT2D eigenvalue weighted by atomic mass is 10.1. The van der Waals surface area contributed by atoms with Gasteiger partial charge in [-0.2, -0.15) is 0 Å². The van der Waals surface area contributed by atoms with Gasteiger partial charge in [0.1, 0.15) is 5.82 Å². The number of fused-ring (bicyclic) bond motifs is 1. The van der Waals surface area contributed by atoms with Gasteiger partial charge in [0.15, 0.2) is 0 Å². The Kier molecular flexibility index (Phi) is 4.35. The van der Waals surface area contributed by atoms with Crippen molar-refractivity contribution >= 4 is 11.0 Å². The summed E-state index contributed by atoms with van der Waals surface area (Å²) in [6.07, 6.45) is 5.24. The molecule has 0 aliphatic carbocycles. The number of benzene rings is 2. The topological polar surface area (TPSA) is 31.9 Å². The maximum absolute atomic E-state index is 4.81. The molecule has 1 aliphatic rings. The molecule has 0 unspecified atom stereocenters. The molecule has 1 aromatic heterocycles. The molecule has 1 fully saturated rings. The molecular weight excluding hydrogens is 294 g/mol. The largest absolute Gasteiger partial charge is 0.338 e. The minimum atomic E-state index is 0.971. The minimum absolute atomic E-state index is 0.971. The van der Waals surface area contributed by atoms with Crippen LogP contribution < -0.4 is 0 Å². The standard InChI is InChI=1S/C21H25N3/c1-16-7-5-10-19-20(16)23-21(22-19)18-9-6-8-17(15-18)11-14-24-12-3-2-4-13-24/h5-10,15H,2-4,11-14H2,1H3,(H,22,23). The molecule has 1 aliphatic heterocycles. The van der Waals surface area contributed by atoms with E-state index in [2.05, 4.69) is 59.3 Å². The van der Waals surface area contributed by atoms with Gasteiger partial charge >= 0.3 is 0 Å². The number of aryl methyl sites for hydroxylation is 1. The molecule has 0 radical (unpaired) electrons. The fourth-order valence-electron chi connectivity index (χ4n) is 3.66. The normalized spacial score (nSPS) is 15.9. The fourth-order valence-corrected chi connectivity index (χ4v) is 3.66. The quantitative estimate of drug-likeness (QED) is 0.764. The number of aromatic amines is 1. The SMILES string of the molecule is Cc1cccc2[nH]c(-c3cccc(CCN4CCCCC4)c3)nc12. The molecule has 1 N–H and O–H groups in total. The summed E-state index contributed by atoms with van der Waals surface area (Å²) in [5.74, 6) is 0.971. The molecule has 3 aromatic rings. The van der Waals surface area contributed by atoms with E-state index in [1.54, 1.807) is 0 Å². The fraction of sp³-hybridized carbons (Fsp3) is 0.381. The van der Waals surface area contributed by atoms with E-state index in [0.717, 1.165) is 23.3 Å². The second-order valence-electron chi connectivity index (χ2n) is 6.91. The van der Waals surface area contributed by atoms with Crippen LogP contribution in [0.15, 0.2) is 42.5 Å². The lowest BCUT2D eigenvalue weighted by molar-refractivity contribution is 0.231. The van der Waals surface area contributed by atoms with Gasteiger partial charge < -0.3 is 9.88 Å². The number of hydrogen-bond acceptors (Lipinski definition) is 2. The first-order chi connectivity index (χ1) is 11.8. The lowest BCUT2D eigenvalue weighted by Gasteiger charge is -2.26. The summed E-state index contributed by atoms with van der Waals surface area (Å²) in [6.45, 7) is 5.82. The first-order valence-electron chi connectivity index (χ1n) is 9.06. The highest BCUT2D eigenvalue weighted by Crippen LogP contribution is 2.23. The molecule has 2 aromatic carbocycles. The van der Waals surface area contributed by atoms with Gasteiger partial charge in [0, 0.05) is 12.1 Å². The molecular formula is C21H25N3. The number of aromatic nitrogens is 2. The Bertz CT molecular complexity index is 828. The average molecular weight is 319 g/mol. The Balaban J connectivity index is 1.53. The van der Waals surface area contributed by atoms with Gasteiger partial charge in [-0.1, -0.05) is 36.8 Å². The van der Waals surface area contributed by atoms with E-state index < -0.39 is 0 Å². The van der Waals surface area contributed by atoms with Crippen molar-refractivity contribution < 1.29 is 0 Å². The molecule has 4 rings (SSSR count). The van der Waals surface area contributed by atoms with Crippen molar-refractivity contribution in [2.45, 2.75) is 32.6 Å². The summed E-state index contributed by atoms with van der Waals surface area (Å²) in [6, 6.07) is 15.1. The minimum Gasteiger partial charge on any atom is -0.338 e. The number of likely N-dealkylation sites (tertiary alicyclic amines) is 1. The molecule has 0 amide bonds. The zero-order valence-corrected chi connectivity index (χ0v) is 14.4. The zero-order chi connectivity index (χ0) is 16.4. The van der Waals surface area contributed by atoms with Crippen LogP contribution in [-0.2, 0) is 6.42 Å². The molecule has 24 heavy (non-hydrogen) atoms. The Morgan fingerprint density at radius 1 is 1.04 bits per heavy atom. The van der Waals surface area contributed by atoms with E-state index in [1.807, 2.05) is 0 Å². The molecule has 1 saturated heterocycles. The summed E-state index contributed by atoms with van der Waals surface area (Å²) >= 11 is 0. The molecule has 0 saturated carbocycles. The van der Waals surface area contributed by atoms with Crippen LogP contribution in [0.5, 0.6) is 0 Å². The monoisotopic (exact) mass is 319 g/mol. The van der Waals surface area contributed by atoms with Gasteiger partial charge in [0.25, 0.3) is 0 Å². The van der Waals surface area contributed by atoms with E-state index in [4.69, 9.17) is 4.98 Å². The Hall–Kier alpha value is -2.13. The molecule has 0 atom stereocenters. The summed E-state index contributed by atoms with van der Waals surface area (Å²) < 4.78 is 0. The molecule has 2 heterocycles. The second-order valence-corrected chi connectivity index (χ2v) is 6.91. The predicted octanol–water partition coefficient (Wildman–Crippen LogP) is 4.57. The van der Waals surface area contributed by atoms with Crippen molar-refractivity contribution in [2.75, 3.05) is 19.6 Å². The number of nitrogens with zero attached hydrogens (tertiary/aromatic N) is 2. The van der Waals surface area contributed by atoms with Crippen LogP contribution in [0.1, 0.15) is 30.4 Å². The highest BCUT2D eigenvalue weighted by atomic mass is 15.1. The third kappa shape index (κ3) is 3.22. The van der Waals surface area contributed by atoms with Crippen LogP contribution in [-0.4, -0.2) is 34.5 Å². The Morgan fingerprint density at radius 2 is 1.88 bits per heavy atom. The van der Waals surface area contributed by atoms with Crippen molar-refractivity contribution in [1.29, 1.82) is 0 Å². The van der Waals surface area contributed by atoms with Gasteiger partial charge in [0.2, 0.25) is 0 Å². The number of hydrogen-bond donors (Lipinski definition) is 1. The van der Waals surface area contributed by atoms with E-state index >= 15 is 0 Å². The van der Waals surface area contributed by atoms with Crippen molar-refractivity contribution in [3.05, 3.63) is 53.6 Å². The number of H-pyrrole nitrogens is 1. The summed E-state index contributed by atoms with van der Waals surface area (Å²) in [5.41, 5.74) is 5.99. The van der Waals surface area contributed by atoms with Gasteiger partial charge in [-0.25, -0.2) is 4.98 Å². The third-order valence-electron chi connectivity index (χ3n) is 5.08. The Morgan fingerprint density at radius 3 is 2.71 bits per heavy atom. The smallest absolute Gasteiger partial charge is 0.138 e. The molecule has 3 nitrogen and oxygen atoms in total. The van der Waals surface area contributed by atoms with Gasteiger partial charge in [0.05, 0.1) is 11.0 Å². The van der Waals surface area contributed by atoms with E-state index in [1.165, 1.54) is 55.6 Å². The van der Waals surface area contributed by atoms with Crippen LogP contribution in [0, 0.1) is 6.92 Å². The molecule has 124 valence electrons. The second kappa shape index (κ2) is 6.78. The van der Waals surface area contributed by atoms with Crippen molar-refractivity contribution in [1.82, 2.24) is 14.9 Å². The summed E-state index contributed by atoms with van der Waals surface area (Å²) in [4.78, 5) is 10.9. The number of para-hydroxylation sites is 1. The predicted molar refractivity (Wildman–Crippen MR) is 100 cm³/mol. The number of nitrogens with one attached hydrogen (secondary N) is 1. The highest BCUT2D eigenvalue weighted by molar-refractivity contribution is 5.82. The van der Waals surface area contributed by atoms with Gasteiger partial charge in [-0.05, 0) is 62.5 Å². The van der Waals surface area contributed by atoms with Crippen LogP contribution in [0.2, 0.25) is 0 Å². The lowest BCUT2D eigenvalue weighted by Crippen LogP contribution is -2.31. The van der Waals surface area contributed by atoms with E-state index in [-0.39, 0.29) is 0 Å². The van der Waals surface area contributed by atoms with Crippen LogP contribution in [0.3, 0.4) is 0 Å². The first kappa shape index (κ1) is 15.4. The zero-order valence-electron chi connectivity index (χ0n) is 14.4. The van der Waals surface area contributed by atoms with Gasteiger partial charge in [-0.15, -0.1) is 0 Å². The molecule has 0 bridgehead atoms. The van der Waals surface area contributed by atoms with Crippen LogP contribution >= 0.6 is 0 Å². The number of imidazole rings is 1. The third-order valence-corrected chi connectivity index (χ3v) is 5.08. The summed E-state index contributed by atoms with van der Waals surface area (Å²) in [5, 5.41) is 0. The van der Waals surface area contributed by atoms with E-state index in [0.29, 0.717) is 0 Å². The average Bonchev–Trinajstić information content (AvgIpc) is 3.07. The van der Waals surface area contributed by atoms with Crippen LogP contribution in [0.4, 0.5) is 0 Å². The highest BCUT2D eigenvalue weighted by Gasteiger charge is 2.11. The van der Waals surface area contributed by atoms with Crippen molar-refractivity contribution in [3.8, 4) is 11.4 Å². The maximum atomic E-state index is 4.81. The Labute approximate surface area is 143 Å². The summed E-state index contributed by atoms with van der Waals surface area (Å²) in [7, 11) is 0. The van der Waals surface area contributed by atoms with Crippen LogP contribution in [0.25, 0.3) is 22.4 Å². The number of piperidine rings is 1. The first-order valence-corrected chi connectivity index (χ1v) is 9.06. The molecule has 3 heteroatoms. The molecule has 0 spiro atoms. The number of rotatable bonds is 4. The van der Waals surface area contributed by atoms with Gasteiger partial charge in [-0.3, -0.25) is 0 Å².